The molecule has 3 heterocycles. The molecule has 1 aliphatic rings. The first-order valence-corrected chi connectivity index (χ1v) is 11.9. The minimum Gasteiger partial charge on any atom is -0.327 e. The number of carbonyl (C=O) groups excluding carboxylic acids is 1. The van der Waals surface area contributed by atoms with Crippen molar-refractivity contribution < 1.29 is 4.79 Å². The molecular weight excluding hydrogens is 442 g/mol. The van der Waals surface area contributed by atoms with Gasteiger partial charge in [-0.15, -0.1) is 15.3 Å². The van der Waals surface area contributed by atoms with Crippen LogP contribution in [0.1, 0.15) is 11.1 Å². The van der Waals surface area contributed by atoms with E-state index in [0.29, 0.717) is 16.1 Å². The Labute approximate surface area is 192 Å². The lowest BCUT2D eigenvalue weighted by atomic mass is 10.1. The van der Waals surface area contributed by atoms with Crippen LogP contribution in [0.15, 0.2) is 63.9 Å². The number of nitrogens with zero attached hydrogens (tertiary/aromatic N) is 6. The second-order valence-electron chi connectivity index (χ2n) is 7.29. The minimum atomic E-state index is -0.184. The van der Waals surface area contributed by atoms with Crippen molar-refractivity contribution in [3.05, 3.63) is 59.7 Å². The fourth-order valence-electron chi connectivity index (χ4n) is 3.39. The van der Waals surface area contributed by atoms with Gasteiger partial charge in [-0.3, -0.25) is 4.79 Å². The molecule has 1 N–H and O–H groups in total. The number of nitrogens with one attached hydrogen (secondary N) is 1. The SMILES string of the molecule is Cc1ccc(C2=NN=C(NC(=O)CSc3nnc4c5ccccc5n(C)c4n3)SC2)cc1. The van der Waals surface area contributed by atoms with Crippen molar-refractivity contribution in [2.75, 3.05) is 11.5 Å². The molecule has 0 spiro atoms. The average Bonchev–Trinajstić information content (AvgIpc) is 3.11. The van der Waals surface area contributed by atoms with Gasteiger partial charge in [0.1, 0.15) is 5.52 Å². The third-order valence-corrected chi connectivity index (χ3v) is 6.77. The number of amides is 1. The Hall–Kier alpha value is -3.24. The van der Waals surface area contributed by atoms with E-state index < -0.39 is 0 Å². The minimum absolute atomic E-state index is 0.158. The van der Waals surface area contributed by atoms with E-state index in [4.69, 9.17) is 0 Å². The van der Waals surface area contributed by atoms with E-state index in [0.717, 1.165) is 33.3 Å². The van der Waals surface area contributed by atoms with Crippen LogP contribution in [0.2, 0.25) is 0 Å². The lowest BCUT2D eigenvalue weighted by molar-refractivity contribution is -0.117. The molecule has 0 radical (unpaired) electrons. The Kier molecular flexibility index (Phi) is 5.62. The molecule has 0 unspecified atom stereocenters. The Morgan fingerprint density at radius 2 is 1.94 bits per heavy atom. The van der Waals surface area contributed by atoms with Crippen molar-refractivity contribution in [3.63, 3.8) is 0 Å². The second-order valence-corrected chi connectivity index (χ2v) is 9.19. The van der Waals surface area contributed by atoms with Crippen LogP contribution in [0.4, 0.5) is 0 Å². The van der Waals surface area contributed by atoms with Crippen LogP contribution in [0.5, 0.6) is 0 Å². The molecule has 2 aromatic heterocycles. The summed E-state index contributed by atoms with van der Waals surface area (Å²) in [4.78, 5) is 17.0. The summed E-state index contributed by atoms with van der Waals surface area (Å²) in [6.45, 7) is 2.05. The predicted molar refractivity (Wildman–Crippen MR) is 130 cm³/mol. The van der Waals surface area contributed by atoms with E-state index in [1.807, 2.05) is 67.1 Å². The number of thioether (sulfide) groups is 2. The Morgan fingerprint density at radius 3 is 2.72 bits per heavy atom. The molecule has 4 aromatic rings. The summed E-state index contributed by atoms with van der Waals surface area (Å²) in [7, 11) is 1.95. The second kappa shape index (κ2) is 8.71. The predicted octanol–water partition coefficient (Wildman–Crippen LogP) is 3.54. The van der Waals surface area contributed by atoms with E-state index in [2.05, 4.69) is 30.7 Å². The molecule has 1 aliphatic heterocycles. The monoisotopic (exact) mass is 461 g/mol. The number of hydrogen-bond donors (Lipinski definition) is 1. The summed E-state index contributed by atoms with van der Waals surface area (Å²) < 4.78 is 1.99. The maximum atomic E-state index is 12.4. The maximum absolute atomic E-state index is 12.4. The number of amidine groups is 1. The summed E-state index contributed by atoms with van der Waals surface area (Å²) in [5, 5.41) is 21.7. The van der Waals surface area contributed by atoms with Crippen molar-refractivity contribution in [1.29, 1.82) is 0 Å². The molecule has 5 rings (SSSR count). The number of benzene rings is 2. The number of rotatable bonds is 4. The van der Waals surface area contributed by atoms with Crippen LogP contribution in [0.25, 0.3) is 22.1 Å². The van der Waals surface area contributed by atoms with Crippen molar-refractivity contribution >= 4 is 62.4 Å². The summed E-state index contributed by atoms with van der Waals surface area (Å²) in [5.74, 6) is 0.627. The largest absolute Gasteiger partial charge is 0.327 e. The van der Waals surface area contributed by atoms with E-state index in [9.17, 15) is 4.79 Å². The molecule has 32 heavy (non-hydrogen) atoms. The van der Waals surface area contributed by atoms with Gasteiger partial charge in [0.05, 0.1) is 17.0 Å². The van der Waals surface area contributed by atoms with Gasteiger partial charge in [-0.05, 0) is 18.6 Å². The van der Waals surface area contributed by atoms with Gasteiger partial charge in [-0.2, -0.15) is 5.10 Å². The first-order valence-electron chi connectivity index (χ1n) is 9.93. The molecule has 0 bridgehead atoms. The van der Waals surface area contributed by atoms with Crippen LogP contribution >= 0.6 is 23.5 Å². The topological polar surface area (TPSA) is 97.4 Å². The van der Waals surface area contributed by atoms with E-state index >= 15 is 0 Å². The smallest absolute Gasteiger partial charge is 0.236 e. The highest BCUT2D eigenvalue weighted by atomic mass is 32.2. The van der Waals surface area contributed by atoms with Crippen molar-refractivity contribution in [3.8, 4) is 0 Å². The number of carbonyl (C=O) groups is 1. The van der Waals surface area contributed by atoms with E-state index in [1.54, 1.807) is 0 Å². The lowest BCUT2D eigenvalue weighted by Crippen LogP contribution is -2.31. The van der Waals surface area contributed by atoms with Crippen LogP contribution in [0.3, 0.4) is 0 Å². The molecule has 10 heteroatoms. The molecule has 1 amide bonds. The molecule has 0 aliphatic carbocycles. The molecule has 8 nitrogen and oxygen atoms in total. The van der Waals surface area contributed by atoms with Gasteiger partial charge in [0, 0.05) is 18.2 Å². The summed E-state index contributed by atoms with van der Waals surface area (Å²) >= 11 is 2.70. The fraction of sp³-hybridized carbons (Fsp3) is 0.182. The quantitative estimate of drug-likeness (QED) is 0.467. The molecular formula is C22H19N7OS2. The fourth-order valence-corrected chi connectivity index (χ4v) is 4.75. The third-order valence-electron chi connectivity index (χ3n) is 5.06. The number of hydrogen-bond acceptors (Lipinski definition) is 8. The zero-order valence-corrected chi connectivity index (χ0v) is 19.1. The molecule has 2 aromatic carbocycles. The highest BCUT2D eigenvalue weighted by Gasteiger charge is 2.16. The summed E-state index contributed by atoms with van der Waals surface area (Å²) in [6.07, 6.45) is 0. The van der Waals surface area contributed by atoms with E-state index in [1.165, 1.54) is 29.1 Å². The number of fused-ring (bicyclic) bond motifs is 3. The van der Waals surface area contributed by atoms with Crippen molar-refractivity contribution in [2.45, 2.75) is 12.1 Å². The Morgan fingerprint density at radius 1 is 1.12 bits per heavy atom. The van der Waals surface area contributed by atoms with Gasteiger partial charge in [0.2, 0.25) is 11.1 Å². The highest BCUT2D eigenvalue weighted by molar-refractivity contribution is 8.14. The van der Waals surface area contributed by atoms with Crippen molar-refractivity contribution in [1.82, 2.24) is 25.1 Å². The Bertz CT molecular complexity index is 1390. The van der Waals surface area contributed by atoms with Crippen LogP contribution < -0.4 is 5.32 Å². The molecule has 0 saturated heterocycles. The third kappa shape index (κ3) is 4.11. The zero-order valence-electron chi connectivity index (χ0n) is 17.4. The average molecular weight is 462 g/mol. The maximum Gasteiger partial charge on any atom is 0.236 e. The van der Waals surface area contributed by atoms with Gasteiger partial charge in [-0.1, -0.05) is 71.6 Å². The van der Waals surface area contributed by atoms with Gasteiger partial charge < -0.3 is 9.88 Å². The molecule has 160 valence electrons. The lowest BCUT2D eigenvalue weighted by Gasteiger charge is -2.12. The number of aryl methyl sites for hydroxylation is 2. The van der Waals surface area contributed by atoms with Gasteiger partial charge in [-0.25, -0.2) is 4.98 Å². The Balaban J connectivity index is 1.23. The van der Waals surface area contributed by atoms with Gasteiger partial charge >= 0.3 is 0 Å². The first-order chi connectivity index (χ1) is 15.6. The van der Waals surface area contributed by atoms with Crippen molar-refractivity contribution in [2.24, 2.45) is 17.3 Å². The number of para-hydroxylation sites is 1. The molecule has 0 saturated carbocycles. The normalized spacial score (nSPS) is 13.8. The molecule has 0 fully saturated rings. The van der Waals surface area contributed by atoms with Crippen LogP contribution in [-0.2, 0) is 11.8 Å². The summed E-state index contributed by atoms with van der Waals surface area (Å²) in [6, 6.07) is 16.1. The number of aromatic nitrogens is 4. The standard InChI is InChI=1S/C22H19N7OS2/c1-13-7-9-14(10-8-13)16-11-31-21(27-25-16)23-18(30)12-32-22-24-20-19(26-28-22)15-5-3-4-6-17(15)29(20)2/h3-10H,11-12H2,1-2H3,(H,23,27,30). The van der Waals surface area contributed by atoms with Crippen LogP contribution in [0, 0.1) is 6.92 Å². The first kappa shape index (κ1) is 20.7. The highest BCUT2D eigenvalue weighted by Crippen LogP contribution is 2.26. The van der Waals surface area contributed by atoms with Gasteiger partial charge in [0.15, 0.2) is 10.8 Å². The van der Waals surface area contributed by atoms with Crippen LogP contribution in [-0.4, -0.2) is 48.0 Å². The molecule has 0 atom stereocenters. The summed E-state index contributed by atoms with van der Waals surface area (Å²) in [5.41, 5.74) is 5.68. The zero-order chi connectivity index (χ0) is 22.1. The van der Waals surface area contributed by atoms with E-state index in [-0.39, 0.29) is 11.7 Å². The van der Waals surface area contributed by atoms with Gasteiger partial charge in [0.25, 0.3) is 0 Å².